The second kappa shape index (κ2) is 6.46. The Morgan fingerprint density at radius 3 is 2.53 bits per heavy atom. The van der Waals surface area contributed by atoms with Gasteiger partial charge in [0.1, 0.15) is 0 Å². The maximum Gasteiger partial charge on any atom is 0.673 e. The van der Waals surface area contributed by atoms with E-state index in [9.17, 15) is 22.1 Å². The van der Waals surface area contributed by atoms with Gasteiger partial charge in [0.25, 0.3) is 0 Å². The summed E-state index contributed by atoms with van der Waals surface area (Å²) >= 11 is 0. The van der Waals surface area contributed by atoms with Crippen LogP contribution in [0.3, 0.4) is 0 Å². The highest BCUT2D eigenvalue weighted by Crippen LogP contribution is 2.13. The predicted octanol–water partition coefficient (Wildman–Crippen LogP) is 2.37. The molecule has 17 heavy (non-hydrogen) atoms. The topological polar surface area (TPSA) is 83.1 Å². The van der Waals surface area contributed by atoms with E-state index >= 15 is 0 Å². The van der Waals surface area contributed by atoms with Gasteiger partial charge >= 0.3 is 19.0 Å². The summed E-state index contributed by atoms with van der Waals surface area (Å²) in [7, 11) is -6.00. The second-order valence-corrected chi connectivity index (χ2v) is 2.42. The van der Waals surface area contributed by atoms with Gasteiger partial charge in [-0.25, -0.2) is 4.79 Å². The monoisotopic (exact) mass is 254 g/mol. The average Bonchev–Trinajstić information content (AvgIpc) is 2.62. The van der Waals surface area contributed by atoms with Gasteiger partial charge in [-0.2, -0.15) is 0 Å². The van der Waals surface area contributed by atoms with Gasteiger partial charge in [0, 0.05) is 4.98 Å². The van der Waals surface area contributed by atoms with Crippen LogP contribution in [0.15, 0.2) is 6.33 Å². The largest absolute Gasteiger partial charge is 0.673 e. The van der Waals surface area contributed by atoms with Gasteiger partial charge in [-0.05, 0) is 11.9 Å². The van der Waals surface area contributed by atoms with Crippen LogP contribution in [-0.2, 0) is 4.74 Å². The highest BCUT2D eigenvalue weighted by Gasteiger charge is 2.24. The van der Waals surface area contributed by atoms with Gasteiger partial charge in [-0.1, -0.05) is 0 Å². The maximum atomic E-state index is 11.0. The van der Waals surface area contributed by atoms with E-state index in [0.717, 1.165) is 0 Å². The zero-order chi connectivity index (χ0) is 13.5. The number of aromatic nitrogens is 2. The lowest BCUT2D eigenvalue weighted by Crippen LogP contribution is -2.04. The maximum absolute atomic E-state index is 11.0. The number of ether oxygens (including phenoxy) is 1. The zero-order valence-electron chi connectivity index (χ0n) is 8.53. The number of nitrogens with zero attached hydrogens (tertiary/aromatic N) is 3. The molecule has 0 amide bonds. The number of nitrogens with one attached hydrogen (secondary N) is 1. The van der Waals surface area contributed by atoms with E-state index in [2.05, 4.69) is 19.7 Å². The van der Waals surface area contributed by atoms with Gasteiger partial charge in [0.15, 0.2) is 0 Å². The number of esters is 1. The number of hydrogen-bond acceptors (Lipinski definition) is 4. The normalized spacial score (nSPS) is 9.88. The highest BCUT2D eigenvalue weighted by atomic mass is 19.5. The van der Waals surface area contributed by atoms with Gasteiger partial charge in [0.05, 0.1) is 12.0 Å². The van der Waals surface area contributed by atoms with Crippen LogP contribution in [0, 0.1) is 5.39 Å². The molecule has 0 aliphatic carbocycles. The number of carbonyl (C=O) groups excluding carboxylic acids is 1. The molecule has 1 aromatic rings. The summed E-state index contributed by atoms with van der Waals surface area (Å²) in [5.74, 6) is -0.642. The Labute approximate surface area is 92.7 Å². The van der Waals surface area contributed by atoms with E-state index < -0.39 is 13.2 Å². The first-order chi connectivity index (χ1) is 7.79. The molecule has 1 heterocycles. The Morgan fingerprint density at radius 1 is 1.59 bits per heavy atom. The zero-order valence-corrected chi connectivity index (χ0v) is 8.53. The molecule has 0 fully saturated rings. The summed E-state index contributed by atoms with van der Waals surface area (Å²) in [4.78, 5) is 19.9. The molecule has 0 aliphatic heterocycles. The van der Waals surface area contributed by atoms with Crippen molar-refractivity contribution in [3.63, 3.8) is 0 Å². The molecule has 0 saturated heterocycles. The van der Waals surface area contributed by atoms with Crippen LogP contribution in [0.2, 0.25) is 0 Å². The number of rotatable bonds is 2. The number of H-pyrrole nitrogens is 1. The van der Waals surface area contributed by atoms with Crippen molar-refractivity contribution >= 4 is 19.0 Å². The molecule has 11 heteroatoms. The molecule has 0 saturated carbocycles. The molecular formula is C6H7BF4N4O2. The van der Waals surface area contributed by atoms with E-state index in [1.54, 1.807) is 6.92 Å². The molecule has 0 bridgehead atoms. The van der Waals surface area contributed by atoms with Crippen LogP contribution < -0.4 is 0 Å². The number of diazo groups is 1. The lowest BCUT2D eigenvalue weighted by Gasteiger charge is -1.94. The van der Waals surface area contributed by atoms with Crippen molar-refractivity contribution in [1.82, 2.24) is 9.97 Å². The third kappa shape index (κ3) is 6.88. The quantitative estimate of drug-likeness (QED) is 0.380. The molecule has 0 aliphatic rings. The molecule has 0 aromatic carbocycles. The second-order valence-electron chi connectivity index (χ2n) is 2.42. The Morgan fingerprint density at radius 2 is 2.12 bits per heavy atom. The Kier molecular flexibility index (Phi) is 5.66. The summed E-state index contributed by atoms with van der Waals surface area (Å²) in [5.41, 5.74) is 0.0550. The van der Waals surface area contributed by atoms with Crippen molar-refractivity contribution in [3.8, 4) is 0 Å². The highest BCUT2D eigenvalue weighted by molar-refractivity contribution is 6.50. The predicted molar refractivity (Wildman–Crippen MR) is 49.5 cm³/mol. The third-order valence-electron chi connectivity index (χ3n) is 1.19. The Bertz CT molecular complexity index is 407. The van der Waals surface area contributed by atoms with E-state index in [-0.39, 0.29) is 18.1 Å². The van der Waals surface area contributed by atoms with Crippen molar-refractivity contribution in [2.75, 3.05) is 6.61 Å². The number of carbonyl (C=O) groups is 1. The Balaban J connectivity index is 0.000000437. The van der Waals surface area contributed by atoms with E-state index in [4.69, 9.17) is 5.39 Å². The number of imidazole rings is 1. The van der Waals surface area contributed by atoms with Crippen molar-refractivity contribution in [1.29, 1.82) is 5.39 Å². The third-order valence-corrected chi connectivity index (χ3v) is 1.19. The van der Waals surface area contributed by atoms with Gasteiger partial charge in [-0.15, -0.1) is 0 Å². The molecule has 0 unspecified atom stereocenters. The van der Waals surface area contributed by atoms with Crippen LogP contribution in [0.4, 0.5) is 23.1 Å². The summed E-state index contributed by atoms with van der Waals surface area (Å²) in [6.45, 7) is 1.95. The van der Waals surface area contributed by atoms with Crippen LogP contribution in [0.5, 0.6) is 0 Å². The first-order valence-corrected chi connectivity index (χ1v) is 4.22. The minimum absolute atomic E-state index is 0.0550. The lowest BCUT2D eigenvalue weighted by atomic mass is 10.3. The van der Waals surface area contributed by atoms with Crippen LogP contribution in [-0.4, -0.2) is 29.8 Å². The smallest absolute Gasteiger partial charge is 0.461 e. The minimum atomic E-state index is -6.00. The molecule has 1 N–H and O–H groups in total. The number of aromatic amines is 1. The molecule has 94 valence electrons. The summed E-state index contributed by atoms with van der Waals surface area (Å²) in [6.07, 6.45) is 1.25. The molecule has 1 rings (SSSR count). The van der Waals surface area contributed by atoms with Crippen molar-refractivity contribution in [3.05, 3.63) is 17.0 Å². The van der Waals surface area contributed by atoms with Gasteiger partial charge in [0.2, 0.25) is 12.0 Å². The van der Waals surface area contributed by atoms with Crippen LogP contribution in [0.1, 0.15) is 17.4 Å². The molecule has 0 radical (unpaired) electrons. The number of halogens is 4. The fourth-order valence-electron chi connectivity index (χ4n) is 0.716. The molecule has 0 atom stereocenters. The van der Waals surface area contributed by atoms with Crippen molar-refractivity contribution < 1.29 is 26.8 Å². The molecular weight excluding hydrogens is 247 g/mol. The average molecular weight is 254 g/mol. The summed E-state index contributed by atoms with van der Waals surface area (Å²) < 4.78 is 43.6. The van der Waals surface area contributed by atoms with E-state index in [1.807, 2.05) is 0 Å². The summed E-state index contributed by atoms with van der Waals surface area (Å²) in [5, 5.41) is 8.36. The molecule has 1 aromatic heterocycles. The van der Waals surface area contributed by atoms with E-state index in [0.29, 0.717) is 0 Å². The first-order valence-electron chi connectivity index (χ1n) is 4.22. The van der Waals surface area contributed by atoms with Gasteiger partial charge < -0.3 is 27.0 Å². The molecule has 0 spiro atoms. The number of hydrogen-bond donors (Lipinski definition) is 1. The van der Waals surface area contributed by atoms with Crippen LogP contribution >= 0.6 is 0 Å². The SMILES string of the molecule is CCOC(=O)c1[nH]cnc1[N+]#N.F[B-](F)(F)F. The fraction of sp³-hybridized carbons (Fsp3) is 0.333. The van der Waals surface area contributed by atoms with Crippen molar-refractivity contribution in [2.45, 2.75) is 6.92 Å². The lowest BCUT2D eigenvalue weighted by molar-refractivity contribution is 0.0521. The first kappa shape index (κ1) is 14.9. The standard InChI is InChI=1S/C6H6N4O2.BF4/c1-2-12-6(11)4-5(10-7)9-3-8-4;2-1(3,4)5/h3H,2H2,1H3;/q;-1/p+1. The minimum Gasteiger partial charge on any atom is -0.461 e. The van der Waals surface area contributed by atoms with E-state index in [1.165, 1.54) is 6.33 Å². The van der Waals surface area contributed by atoms with Crippen LogP contribution in [0.25, 0.3) is 4.98 Å². The fourth-order valence-corrected chi connectivity index (χ4v) is 0.716. The molecule has 6 nitrogen and oxygen atoms in total. The van der Waals surface area contributed by atoms with Crippen molar-refractivity contribution in [2.24, 2.45) is 0 Å². The summed E-state index contributed by atoms with van der Waals surface area (Å²) in [6, 6.07) is 0. The van der Waals surface area contributed by atoms with Gasteiger partial charge in [-0.3, -0.25) is 0 Å². The Hall–Kier alpha value is -2.12.